The highest BCUT2D eigenvalue weighted by Crippen LogP contribution is 2.34. The van der Waals surface area contributed by atoms with Crippen molar-refractivity contribution in [2.75, 3.05) is 24.5 Å². The lowest BCUT2D eigenvalue weighted by Gasteiger charge is -2.47. The van der Waals surface area contributed by atoms with Gasteiger partial charge in [0.25, 0.3) is 5.91 Å². The molecule has 0 saturated carbocycles. The molecule has 5 rings (SSSR count). The van der Waals surface area contributed by atoms with Crippen molar-refractivity contribution in [3.8, 4) is 0 Å². The molecule has 9 heteroatoms. The van der Waals surface area contributed by atoms with Crippen molar-refractivity contribution in [1.82, 2.24) is 9.80 Å². The molecular formula is C27H28F3N3O3. The Labute approximate surface area is 207 Å². The number of rotatable bonds is 4. The van der Waals surface area contributed by atoms with E-state index in [1.165, 1.54) is 12.1 Å². The SMILES string of the molecule is O=C(c1cccc(N2CCCC2=O)c1)N1CC[C@H]2[C@H](CCC(=O)N2Cc2ccc(C(F)(F)F)cc2)C1. The summed E-state index contributed by atoms with van der Waals surface area (Å²) in [6.07, 6.45) is -1.40. The number of amides is 3. The van der Waals surface area contributed by atoms with E-state index in [1.54, 1.807) is 28.0 Å². The van der Waals surface area contributed by atoms with Gasteiger partial charge in [-0.15, -0.1) is 0 Å². The molecule has 3 fully saturated rings. The van der Waals surface area contributed by atoms with Crippen LogP contribution in [0, 0.1) is 5.92 Å². The summed E-state index contributed by atoms with van der Waals surface area (Å²) in [5.74, 6) is 0.0886. The van der Waals surface area contributed by atoms with Crippen LogP contribution in [-0.2, 0) is 22.3 Å². The standard InChI is InChI=1S/C27H28F3N3O3/c28-27(29,30)21-9-6-18(7-10-21)16-33-23-12-14-31(17-20(23)8-11-25(33)35)26(36)19-3-1-4-22(15-19)32-13-2-5-24(32)34/h1,3-4,6-7,9-10,15,20,23H,2,5,8,11-14,16-17H2/t20-,23+/m1/s1. The van der Waals surface area contributed by atoms with Crippen molar-refractivity contribution < 1.29 is 27.6 Å². The van der Waals surface area contributed by atoms with Gasteiger partial charge in [0.2, 0.25) is 11.8 Å². The molecule has 0 N–H and O–H groups in total. The normalized spacial score (nSPS) is 22.7. The van der Waals surface area contributed by atoms with E-state index in [0.29, 0.717) is 56.4 Å². The molecule has 190 valence electrons. The fourth-order valence-electron chi connectivity index (χ4n) is 5.65. The maximum Gasteiger partial charge on any atom is 0.416 e. The Morgan fingerprint density at radius 2 is 1.72 bits per heavy atom. The van der Waals surface area contributed by atoms with Crippen molar-refractivity contribution in [2.45, 2.75) is 50.9 Å². The Morgan fingerprint density at radius 3 is 2.42 bits per heavy atom. The van der Waals surface area contributed by atoms with Crippen molar-refractivity contribution in [3.05, 3.63) is 65.2 Å². The van der Waals surface area contributed by atoms with Crippen LogP contribution in [0.5, 0.6) is 0 Å². The molecule has 0 aromatic heterocycles. The molecule has 2 aromatic carbocycles. The predicted molar refractivity (Wildman–Crippen MR) is 127 cm³/mol. The summed E-state index contributed by atoms with van der Waals surface area (Å²) < 4.78 is 38.7. The molecule has 3 aliphatic heterocycles. The molecule has 3 saturated heterocycles. The van der Waals surface area contributed by atoms with Crippen LogP contribution in [0.3, 0.4) is 0 Å². The molecule has 6 nitrogen and oxygen atoms in total. The van der Waals surface area contributed by atoms with Crippen molar-refractivity contribution in [1.29, 1.82) is 0 Å². The Morgan fingerprint density at radius 1 is 0.944 bits per heavy atom. The summed E-state index contributed by atoms with van der Waals surface area (Å²) in [5, 5.41) is 0. The van der Waals surface area contributed by atoms with Crippen LogP contribution in [0.4, 0.5) is 18.9 Å². The molecule has 0 unspecified atom stereocenters. The number of carbonyl (C=O) groups excluding carboxylic acids is 3. The van der Waals surface area contributed by atoms with Crippen molar-refractivity contribution in [2.24, 2.45) is 5.92 Å². The molecule has 3 heterocycles. The van der Waals surface area contributed by atoms with E-state index in [0.717, 1.165) is 24.2 Å². The number of nitrogens with zero attached hydrogens (tertiary/aromatic N) is 3. The molecule has 0 aliphatic carbocycles. The van der Waals surface area contributed by atoms with Gasteiger partial charge in [-0.1, -0.05) is 18.2 Å². The summed E-state index contributed by atoms with van der Waals surface area (Å²) >= 11 is 0. The van der Waals surface area contributed by atoms with Gasteiger partial charge in [0.1, 0.15) is 0 Å². The molecule has 0 bridgehead atoms. The minimum atomic E-state index is -4.40. The molecule has 3 aliphatic rings. The van der Waals surface area contributed by atoms with Gasteiger partial charge in [0, 0.05) is 56.3 Å². The monoisotopic (exact) mass is 499 g/mol. The summed E-state index contributed by atoms with van der Waals surface area (Å²) in [6.45, 7) is 1.93. The van der Waals surface area contributed by atoms with Gasteiger partial charge >= 0.3 is 6.18 Å². The fraction of sp³-hybridized carbons (Fsp3) is 0.444. The third kappa shape index (κ3) is 4.83. The summed E-state index contributed by atoms with van der Waals surface area (Å²) in [4.78, 5) is 43.5. The molecule has 2 aromatic rings. The number of hydrogen-bond acceptors (Lipinski definition) is 3. The van der Waals surface area contributed by atoms with Gasteiger partial charge in [-0.25, -0.2) is 0 Å². The van der Waals surface area contributed by atoms with Gasteiger partial charge in [-0.2, -0.15) is 13.2 Å². The minimum absolute atomic E-state index is 0.00101. The lowest BCUT2D eigenvalue weighted by molar-refractivity contribution is -0.141. The largest absolute Gasteiger partial charge is 0.416 e. The van der Waals surface area contributed by atoms with Crippen LogP contribution in [0.15, 0.2) is 48.5 Å². The Kier molecular flexibility index (Phi) is 6.49. The smallest absolute Gasteiger partial charge is 0.338 e. The summed E-state index contributed by atoms with van der Waals surface area (Å²) in [7, 11) is 0. The van der Waals surface area contributed by atoms with E-state index in [1.807, 2.05) is 11.0 Å². The zero-order valence-corrected chi connectivity index (χ0v) is 19.8. The maximum atomic E-state index is 13.3. The highest BCUT2D eigenvalue weighted by molar-refractivity contribution is 5.99. The number of benzene rings is 2. The van der Waals surface area contributed by atoms with Crippen LogP contribution >= 0.6 is 0 Å². The Bertz CT molecular complexity index is 1160. The van der Waals surface area contributed by atoms with Gasteiger partial charge in [0.05, 0.1) is 5.56 Å². The maximum absolute atomic E-state index is 13.3. The number of hydrogen-bond donors (Lipinski definition) is 0. The Balaban J connectivity index is 1.26. The summed E-state index contributed by atoms with van der Waals surface area (Å²) in [5.41, 5.74) is 1.23. The van der Waals surface area contributed by atoms with Crippen molar-refractivity contribution in [3.63, 3.8) is 0 Å². The van der Waals surface area contributed by atoms with Gasteiger partial charge < -0.3 is 14.7 Å². The number of anilines is 1. The lowest BCUT2D eigenvalue weighted by Crippen LogP contribution is -2.56. The molecule has 2 atom stereocenters. The van der Waals surface area contributed by atoms with Crippen LogP contribution < -0.4 is 4.90 Å². The van der Waals surface area contributed by atoms with Crippen molar-refractivity contribution >= 4 is 23.4 Å². The number of alkyl halides is 3. The highest BCUT2D eigenvalue weighted by atomic mass is 19.4. The Hall–Kier alpha value is -3.36. The number of halogens is 3. The fourth-order valence-corrected chi connectivity index (χ4v) is 5.65. The quantitative estimate of drug-likeness (QED) is 0.623. The second-order valence-electron chi connectivity index (χ2n) is 9.82. The van der Waals surface area contributed by atoms with E-state index in [4.69, 9.17) is 0 Å². The van der Waals surface area contributed by atoms with Crippen LogP contribution in [0.1, 0.15) is 53.6 Å². The zero-order valence-electron chi connectivity index (χ0n) is 19.8. The first-order chi connectivity index (χ1) is 17.2. The van der Waals surface area contributed by atoms with E-state index in [2.05, 4.69) is 0 Å². The first kappa shape index (κ1) is 24.3. The number of carbonyl (C=O) groups is 3. The lowest BCUT2D eigenvalue weighted by atomic mass is 9.83. The minimum Gasteiger partial charge on any atom is -0.338 e. The third-order valence-corrected chi connectivity index (χ3v) is 7.54. The number of piperidine rings is 2. The highest BCUT2D eigenvalue weighted by Gasteiger charge is 2.40. The first-order valence-electron chi connectivity index (χ1n) is 12.4. The summed E-state index contributed by atoms with van der Waals surface area (Å²) in [6, 6.07) is 12.1. The predicted octanol–water partition coefficient (Wildman–Crippen LogP) is 4.49. The molecule has 0 radical (unpaired) electrons. The van der Waals surface area contributed by atoms with Gasteiger partial charge in [-0.3, -0.25) is 14.4 Å². The van der Waals surface area contributed by atoms with E-state index in [-0.39, 0.29) is 36.2 Å². The van der Waals surface area contributed by atoms with Crippen LogP contribution in [0.2, 0.25) is 0 Å². The zero-order chi connectivity index (χ0) is 25.4. The average molecular weight is 500 g/mol. The number of likely N-dealkylation sites (tertiary alicyclic amines) is 2. The molecule has 0 spiro atoms. The van der Waals surface area contributed by atoms with E-state index < -0.39 is 11.7 Å². The average Bonchev–Trinajstić information content (AvgIpc) is 3.30. The number of fused-ring (bicyclic) bond motifs is 1. The van der Waals surface area contributed by atoms with Crippen LogP contribution in [0.25, 0.3) is 0 Å². The topological polar surface area (TPSA) is 60.9 Å². The van der Waals surface area contributed by atoms with Crippen LogP contribution in [-0.4, -0.2) is 53.2 Å². The second kappa shape index (κ2) is 9.59. The molecular weight excluding hydrogens is 471 g/mol. The molecule has 36 heavy (non-hydrogen) atoms. The second-order valence-corrected chi connectivity index (χ2v) is 9.82. The van der Waals surface area contributed by atoms with E-state index in [9.17, 15) is 27.6 Å². The van der Waals surface area contributed by atoms with Gasteiger partial charge in [-0.05, 0) is 61.1 Å². The van der Waals surface area contributed by atoms with Gasteiger partial charge in [0.15, 0.2) is 0 Å². The third-order valence-electron chi connectivity index (χ3n) is 7.54. The molecule has 3 amide bonds. The first-order valence-corrected chi connectivity index (χ1v) is 12.4. The van der Waals surface area contributed by atoms with E-state index >= 15 is 0 Å².